The highest BCUT2D eigenvalue weighted by atomic mass is 16.5. The van der Waals surface area contributed by atoms with Gasteiger partial charge in [0.25, 0.3) is 0 Å². The summed E-state index contributed by atoms with van der Waals surface area (Å²) in [5.41, 5.74) is 9.26. The fraction of sp³-hybridized carbons (Fsp3) is 0.353. The quantitative estimate of drug-likeness (QED) is 0.830. The second-order valence-electron chi connectivity index (χ2n) is 5.10. The first-order valence-corrected chi connectivity index (χ1v) is 7.28. The number of hydrogen-bond donors (Lipinski definition) is 1. The molecule has 2 aromatic rings. The molecule has 0 atom stereocenters. The molecule has 0 aliphatic carbocycles. The number of hydrogen-bond acceptors (Lipinski definition) is 4. The fourth-order valence-corrected chi connectivity index (χ4v) is 2.17. The van der Waals surface area contributed by atoms with Crippen LogP contribution in [0.4, 0.5) is 5.69 Å². The van der Waals surface area contributed by atoms with Crippen molar-refractivity contribution in [1.29, 1.82) is 5.26 Å². The lowest BCUT2D eigenvalue weighted by atomic mass is 10.1. The van der Waals surface area contributed by atoms with Gasteiger partial charge in [-0.15, -0.1) is 0 Å². The molecule has 0 unspecified atom stereocenters. The molecule has 0 aliphatic heterocycles. The van der Waals surface area contributed by atoms with Crippen LogP contribution in [0, 0.1) is 25.2 Å². The average Bonchev–Trinajstić information content (AvgIpc) is 2.79. The Labute approximate surface area is 130 Å². The van der Waals surface area contributed by atoms with Gasteiger partial charge in [0.15, 0.2) is 0 Å². The Morgan fingerprint density at radius 3 is 2.64 bits per heavy atom. The zero-order valence-corrected chi connectivity index (χ0v) is 13.2. The zero-order chi connectivity index (χ0) is 16.1. The number of benzene rings is 1. The number of ether oxygens (including phenoxy) is 2. The molecule has 5 heteroatoms. The molecule has 0 aliphatic rings. The Morgan fingerprint density at radius 1 is 1.23 bits per heavy atom. The summed E-state index contributed by atoms with van der Waals surface area (Å²) in [7, 11) is 0. The van der Waals surface area contributed by atoms with Crippen molar-refractivity contribution in [2.75, 3.05) is 18.9 Å². The minimum atomic E-state index is 0.450. The van der Waals surface area contributed by atoms with Crippen LogP contribution in [0.3, 0.4) is 0 Å². The van der Waals surface area contributed by atoms with Gasteiger partial charge in [-0.25, -0.2) is 0 Å². The lowest BCUT2D eigenvalue weighted by Crippen LogP contribution is -2.09. The van der Waals surface area contributed by atoms with Crippen molar-refractivity contribution >= 4 is 5.69 Å². The van der Waals surface area contributed by atoms with E-state index in [1.54, 1.807) is 10.6 Å². The molecule has 0 saturated carbocycles. The van der Waals surface area contributed by atoms with Crippen LogP contribution in [0.25, 0.3) is 0 Å². The molecule has 22 heavy (non-hydrogen) atoms. The molecule has 1 aromatic carbocycles. The standard InChI is InChI=1S/C17H21N3O2/c1-4-21-8-7-20-14(11-18)10-16(19)17(20)22-15-6-5-12(2)13(3)9-15/h5-6,9-10H,4,7-8,19H2,1-3H3. The Balaban J connectivity index is 2.30. The third kappa shape index (κ3) is 3.41. The molecule has 2 N–H and O–H groups in total. The first-order valence-electron chi connectivity index (χ1n) is 7.28. The lowest BCUT2D eigenvalue weighted by Gasteiger charge is -2.13. The Hall–Kier alpha value is -2.45. The van der Waals surface area contributed by atoms with Crippen LogP contribution in [-0.2, 0) is 11.3 Å². The highest BCUT2D eigenvalue weighted by Crippen LogP contribution is 2.31. The molecule has 0 amide bonds. The molecule has 116 valence electrons. The van der Waals surface area contributed by atoms with Crippen LogP contribution in [-0.4, -0.2) is 17.8 Å². The second-order valence-corrected chi connectivity index (χ2v) is 5.10. The van der Waals surface area contributed by atoms with E-state index in [-0.39, 0.29) is 0 Å². The average molecular weight is 299 g/mol. The van der Waals surface area contributed by atoms with E-state index in [1.165, 1.54) is 5.56 Å². The van der Waals surface area contributed by atoms with E-state index in [4.69, 9.17) is 15.2 Å². The van der Waals surface area contributed by atoms with Crippen molar-refractivity contribution in [2.45, 2.75) is 27.3 Å². The molecule has 2 rings (SSSR count). The van der Waals surface area contributed by atoms with Crippen molar-refractivity contribution in [3.63, 3.8) is 0 Å². The normalized spacial score (nSPS) is 10.5. The van der Waals surface area contributed by atoms with Crippen molar-refractivity contribution < 1.29 is 9.47 Å². The summed E-state index contributed by atoms with van der Waals surface area (Å²) in [5, 5.41) is 9.24. The Morgan fingerprint density at radius 2 is 2.00 bits per heavy atom. The van der Waals surface area contributed by atoms with Crippen molar-refractivity contribution in [2.24, 2.45) is 0 Å². The maximum Gasteiger partial charge on any atom is 0.224 e. The molecule has 0 radical (unpaired) electrons. The van der Waals surface area contributed by atoms with Gasteiger partial charge in [0.2, 0.25) is 5.88 Å². The van der Waals surface area contributed by atoms with Crippen molar-refractivity contribution in [3.05, 3.63) is 41.1 Å². The van der Waals surface area contributed by atoms with E-state index in [9.17, 15) is 5.26 Å². The summed E-state index contributed by atoms with van der Waals surface area (Å²) < 4.78 is 13.0. The van der Waals surface area contributed by atoms with Gasteiger partial charge in [-0.3, -0.25) is 4.57 Å². The van der Waals surface area contributed by atoms with Crippen LogP contribution < -0.4 is 10.5 Å². The van der Waals surface area contributed by atoms with Gasteiger partial charge in [-0.1, -0.05) is 6.07 Å². The number of rotatable bonds is 6. The first kappa shape index (κ1) is 15.9. The number of anilines is 1. The van der Waals surface area contributed by atoms with E-state index in [0.717, 1.165) is 5.56 Å². The number of nitrogens with zero attached hydrogens (tertiary/aromatic N) is 2. The monoisotopic (exact) mass is 299 g/mol. The third-order valence-electron chi connectivity index (χ3n) is 3.55. The molecule has 0 fully saturated rings. The van der Waals surface area contributed by atoms with Crippen LogP contribution >= 0.6 is 0 Å². The number of aryl methyl sites for hydroxylation is 2. The summed E-state index contributed by atoms with van der Waals surface area (Å²) >= 11 is 0. The van der Waals surface area contributed by atoms with Crippen molar-refractivity contribution in [3.8, 4) is 17.7 Å². The van der Waals surface area contributed by atoms with Crippen LogP contribution in [0.5, 0.6) is 11.6 Å². The molecular formula is C17H21N3O2. The Bertz CT molecular complexity index is 699. The lowest BCUT2D eigenvalue weighted by molar-refractivity contribution is 0.137. The van der Waals surface area contributed by atoms with Gasteiger partial charge in [-0.05, 0) is 44.0 Å². The zero-order valence-electron chi connectivity index (χ0n) is 13.2. The maximum absolute atomic E-state index is 9.24. The predicted octanol–water partition coefficient (Wildman–Crippen LogP) is 3.39. The molecule has 1 aromatic heterocycles. The molecular weight excluding hydrogens is 278 g/mol. The SMILES string of the molecule is CCOCCn1c(C#N)cc(N)c1Oc1ccc(C)c(C)c1. The highest BCUT2D eigenvalue weighted by molar-refractivity contribution is 5.56. The summed E-state index contributed by atoms with van der Waals surface area (Å²) in [6.45, 7) is 7.66. The predicted molar refractivity (Wildman–Crippen MR) is 86.0 cm³/mol. The third-order valence-corrected chi connectivity index (χ3v) is 3.55. The largest absolute Gasteiger partial charge is 0.439 e. The molecule has 0 saturated heterocycles. The molecule has 0 spiro atoms. The smallest absolute Gasteiger partial charge is 0.224 e. The van der Waals surface area contributed by atoms with Crippen LogP contribution in [0.2, 0.25) is 0 Å². The summed E-state index contributed by atoms with van der Waals surface area (Å²) in [6, 6.07) is 9.62. The highest BCUT2D eigenvalue weighted by Gasteiger charge is 2.15. The molecule has 0 bridgehead atoms. The summed E-state index contributed by atoms with van der Waals surface area (Å²) in [6.07, 6.45) is 0. The number of nitrogens with two attached hydrogens (primary N) is 1. The minimum absolute atomic E-state index is 0.450. The maximum atomic E-state index is 9.24. The second kappa shape index (κ2) is 7.01. The van der Waals surface area contributed by atoms with E-state index < -0.39 is 0 Å². The van der Waals surface area contributed by atoms with Crippen LogP contribution in [0.1, 0.15) is 23.7 Å². The van der Waals surface area contributed by atoms with E-state index in [1.807, 2.05) is 39.0 Å². The summed E-state index contributed by atoms with van der Waals surface area (Å²) in [5.74, 6) is 1.19. The van der Waals surface area contributed by atoms with E-state index in [2.05, 4.69) is 6.07 Å². The van der Waals surface area contributed by atoms with Crippen molar-refractivity contribution in [1.82, 2.24) is 4.57 Å². The minimum Gasteiger partial charge on any atom is -0.439 e. The van der Waals surface area contributed by atoms with Gasteiger partial charge >= 0.3 is 0 Å². The topological polar surface area (TPSA) is 73.2 Å². The van der Waals surface area contributed by atoms with Crippen LogP contribution in [0.15, 0.2) is 24.3 Å². The molecule has 1 heterocycles. The Kier molecular flexibility index (Phi) is 5.08. The van der Waals surface area contributed by atoms with Gasteiger partial charge in [-0.2, -0.15) is 5.26 Å². The number of nitrogen functional groups attached to an aromatic ring is 1. The number of aromatic nitrogens is 1. The van der Waals surface area contributed by atoms with Gasteiger partial charge in [0, 0.05) is 12.7 Å². The number of nitriles is 1. The van der Waals surface area contributed by atoms with E-state index >= 15 is 0 Å². The van der Waals surface area contributed by atoms with Gasteiger partial charge in [0.05, 0.1) is 18.8 Å². The van der Waals surface area contributed by atoms with E-state index in [0.29, 0.717) is 42.8 Å². The molecule has 5 nitrogen and oxygen atoms in total. The van der Waals surface area contributed by atoms with Gasteiger partial charge < -0.3 is 15.2 Å². The summed E-state index contributed by atoms with van der Waals surface area (Å²) in [4.78, 5) is 0. The first-order chi connectivity index (χ1) is 10.6. The fourth-order valence-electron chi connectivity index (χ4n) is 2.17. The van der Waals surface area contributed by atoms with Gasteiger partial charge in [0.1, 0.15) is 17.5 Å².